The molecule has 46 heavy (non-hydrogen) atoms. The fourth-order valence-electron chi connectivity index (χ4n) is 6.03. The zero-order valence-corrected chi connectivity index (χ0v) is 26.8. The van der Waals surface area contributed by atoms with Gasteiger partial charge in [-0.2, -0.15) is 0 Å². The molecule has 230 valence electrons. The number of hydrogen-bond donors (Lipinski definition) is 2. The summed E-state index contributed by atoms with van der Waals surface area (Å²) >= 11 is 0. The normalized spacial score (nSPS) is 11.0. The highest BCUT2D eigenvalue weighted by molar-refractivity contribution is 6.58. The Morgan fingerprint density at radius 1 is 0.652 bits per heavy atom. The average molecular weight is 606 g/mol. The number of nitrogens with zero attached hydrogens (tertiary/aromatic N) is 3. The minimum Gasteiger partial charge on any atom is -0.423 e. The Morgan fingerprint density at radius 3 is 2.00 bits per heavy atom. The molecule has 0 fully saturated rings. The zero-order chi connectivity index (χ0) is 32.0. The lowest BCUT2D eigenvalue weighted by Crippen LogP contribution is -2.30. The number of hydrogen-bond acceptors (Lipinski definition) is 4. The molecule has 1 aromatic heterocycles. The molecule has 2 N–H and O–H groups in total. The van der Waals surface area contributed by atoms with Crippen LogP contribution in [0.4, 0.5) is 11.4 Å². The summed E-state index contributed by atoms with van der Waals surface area (Å²) in [4.78, 5) is 4.44. The summed E-state index contributed by atoms with van der Waals surface area (Å²) in [6.07, 6.45) is 2.24. The average Bonchev–Trinajstić information content (AvgIpc) is 3.38. The van der Waals surface area contributed by atoms with Crippen LogP contribution in [-0.2, 0) is 19.6 Å². The predicted molar refractivity (Wildman–Crippen MR) is 194 cm³/mol. The number of aromatic nitrogens is 1. The third-order valence-corrected chi connectivity index (χ3v) is 8.52. The van der Waals surface area contributed by atoms with Gasteiger partial charge in [0.15, 0.2) is 0 Å². The van der Waals surface area contributed by atoms with Gasteiger partial charge in [0.25, 0.3) is 0 Å². The highest BCUT2D eigenvalue weighted by Crippen LogP contribution is 2.34. The Balaban J connectivity index is 1.42. The van der Waals surface area contributed by atoms with Crippen molar-refractivity contribution in [3.8, 4) is 11.8 Å². The molecule has 0 amide bonds. The summed E-state index contributed by atoms with van der Waals surface area (Å²) in [6, 6.07) is 39.7. The van der Waals surface area contributed by atoms with Gasteiger partial charge in [0.05, 0.1) is 0 Å². The van der Waals surface area contributed by atoms with Gasteiger partial charge in [-0.25, -0.2) is 0 Å². The molecule has 0 aliphatic carbocycles. The summed E-state index contributed by atoms with van der Waals surface area (Å²) in [7, 11) is 2.58. The van der Waals surface area contributed by atoms with Gasteiger partial charge in [0, 0.05) is 78.0 Å². The van der Waals surface area contributed by atoms with Crippen LogP contribution in [0, 0.1) is 11.8 Å². The van der Waals surface area contributed by atoms with E-state index in [1.165, 1.54) is 27.4 Å². The maximum absolute atomic E-state index is 9.80. The van der Waals surface area contributed by atoms with Crippen LogP contribution in [0.1, 0.15) is 42.0 Å². The molecule has 5 aromatic carbocycles. The van der Waals surface area contributed by atoms with E-state index in [9.17, 15) is 10.0 Å². The first-order chi connectivity index (χ1) is 22.4. The fourth-order valence-corrected chi connectivity index (χ4v) is 6.03. The standard InChI is InChI=1S/C40H40BN3O2/c1-4-5-24-44-39-22-18-31(15-14-30-16-19-35(20-17-30)42(2)3)26-37(39)38-27-36(21-23-40(38)44)43(28-32-10-7-6-8-11-32)29-33-12-9-13-34(25-33)41(45)46/h6-13,16-23,25-27,45-46H,4-5,24,28-29H2,1-3H3. The summed E-state index contributed by atoms with van der Waals surface area (Å²) in [6.45, 7) is 4.54. The highest BCUT2D eigenvalue weighted by atomic mass is 16.4. The minimum absolute atomic E-state index is 0.494. The first kappa shape index (κ1) is 31.0. The van der Waals surface area contributed by atoms with E-state index in [0.29, 0.717) is 12.0 Å². The lowest BCUT2D eigenvalue weighted by atomic mass is 9.79. The molecule has 0 aliphatic rings. The lowest BCUT2D eigenvalue weighted by molar-refractivity contribution is 0.425. The molecule has 0 unspecified atom stereocenters. The second-order valence-corrected chi connectivity index (χ2v) is 12.1. The van der Waals surface area contributed by atoms with E-state index in [-0.39, 0.29) is 0 Å². The van der Waals surface area contributed by atoms with E-state index in [1.807, 2.05) is 38.4 Å². The van der Waals surface area contributed by atoms with Crippen LogP contribution in [0.2, 0.25) is 0 Å². The molecule has 0 spiro atoms. The molecule has 0 saturated carbocycles. The van der Waals surface area contributed by atoms with Crippen molar-refractivity contribution in [1.82, 2.24) is 4.57 Å². The van der Waals surface area contributed by atoms with Gasteiger partial charge in [-0.15, -0.1) is 0 Å². The quantitative estimate of drug-likeness (QED) is 0.131. The molecule has 0 bridgehead atoms. The molecular formula is C40H40BN3O2. The van der Waals surface area contributed by atoms with Gasteiger partial charge in [0.1, 0.15) is 0 Å². The predicted octanol–water partition coefficient (Wildman–Crippen LogP) is 6.95. The number of aryl methyl sites for hydroxylation is 1. The fraction of sp³-hybridized carbons (Fsp3) is 0.200. The maximum atomic E-state index is 9.80. The van der Waals surface area contributed by atoms with Crippen molar-refractivity contribution in [1.29, 1.82) is 0 Å². The molecule has 6 heteroatoms. The second-order valence-electron chi connectivity index (χ2n) is 12.1. The molecule has 6 rings (SSSR count). The summed E-state index contributed by atoms with van der Waals surface area (Å²) < 4.78 is 2.45. The van der Waals surface area contributed by atoms with E-state index in [0.717, 1.165) is 54.0 Å². The molecule has 1 heterocycles. The van der Waals surface area contributed by atoms with Gasteiger partial charge in [-0.1, -0.05) is 79.8 Å². The van der Waals surface area contributed by atoms with E-state index in [1.54, 1.807) is 6.07 Å². The molecule has 0 atom stereocenters. The molecule has 0 radical (unpaired) electrons. The third-order valence-electron chi connectivity index (χ3n) is 8.52. The largest absolute Gasteiger partial charge is 0.488 e. The van der Waals surface area contributed by atoms with Crippen molar-refractivity contribution in [2.75, 3.05) is 23.9 Å². The van der Waals surface area contributed by atoms with Crippen LogP contribution in [-0.4, -0.2) is 35.8 Å². The number of unbranched alkanes of at least 4 members (excludes halogenated alkanes) is 1. The topological polar surface area (TPSA) is 51.9 Å². The first-order valence-electron chi connectivity index (χ1n) is 16.0. The number of benzene rings is 5. The van der Waals surface area contributed by atoms with Crippen LogP contribution in [0.5, 0.6) is 0 Å². The first-order valence-corrected chi connectivity index (χ1v) is 16.0. The summed E-state index contributed by atoms with van der Waals surface area (Å²) in [5.41, 5.74) is 9.42. The Hall–Kier alpha value is -4.96. The third kappa shape index (κ3) is 6.97. The van der Waals surface area contributed by atoms with Crippen molar-refractivity contribution in [3.63, 3.8) is 0 Å². The maximum Gasteiger partial charge on any atom is 0.488 e. The second kappa shape index (κ2) is 14.0. The highest BCUT2D eigenvalue weighted by Gasteiger charge is 2.17. The van der Waals surface area contributed by atoms with Crippen molar-refractivity contribution in [2.45, 2.75) is 39.4 Å². The van der Waals surface area contributed by atoms with Gasteiger partial charge >= 0.3 is 7.12 Å². The van der Waals surface area contributed by atoms with E-state index >= 15 is 0 Å². The Labute approximate surface area is 272 Å². The van der Waals surface area contributed by atoms with Crippen molar-refractivity contribution in [2.24, 2.45) is 0 Å². The monoisotopic (exact) mass is 605 g/mol. The molecule has 0 saturated heterocycles. The van der Waals surface area contributed by atoms with Gasteiger partial charge in [0.2, 0.25) is 0 Å². The van der Waals surface area contributed by atoms with Crippen molar-refractivity contribution >= 4 is 45.8 Å². The minimum atomic E-state index is -1.50. The molecule has 6 aromatic rings. The van der Waals surface area contributed by atoms with Crippen LogP contribution in [0.25, 0.3) is 21.8 Å². The van der Waals surface area contributed by atoms with Crippen LogP contribution in [0.3, 0.4) is 0 Å². The SMILES string of the molecule is CCCCn1c2ccc(C#Cc3ccc(N(C)C)cc3)cc2c2cc(N(Cc3ccccc3)Cc3cccc(B(O)O)c3)ccc21. The van der Waals surface area contributed by atoms with Crippen LogP contribution >= 0.6 is 0 Å². The summed E-state index contributed by atoms with van der Waals surface area (Å²) in [5.74, 6) is 6.77. The van der Waals surface area contributed by atoms with Crippen LogP contribution < -0.4 is 15.3 Å². The van der Waals surface area contributed by atoms with Gasteiger partial charge < -0.3 is 24.4 Å². The zero-order valence-electron chi connectivity index (χ0n) is 26.8. The number of fused-ring (bicyclic) bond motifs is 3. The smallest absolute Gasteiger partial charge is 0.423 e. The van der Waals surface area contributed by atoms with Gasteiger partial charge in [-0.3, -0.25) is 0 Å². The Morgan fingerprint density at radius 2 is 1.28 bits per heavy atom. The molecule has 5 nitrogen and oxygen atoms in total. The lowest BCUT2D eigenvalue weighted by Gasteiger charge is -2.26. The van der Waals surface area contributed by atoms with Crippen molar-refractivity contribution in [3.05, 3.63) is 138 Å². The van der Waals surface area contributed by atoms with E-state index in [4.69, 9.17) is 0 Å². The number of anilines is 2. The Kier molecular flexibility index (Phi) is 9.45. The van der Waals surface area contributed by atoms with E-state index in [2.05, 4.69) is 118 Å². The summed E-state index contributed by atoms with van der Waals surface area (Å²) in [5, 5.41) is 22.0. The van der Waals surface area contributed by atoms with Crippen LogP contribution in [0.15, 0.2) is 115 Å². The van der Waals surface area contributed by atoms with Crippen molar-refractivity contribution < 1.29 is 10.0 Å². The number of rotatable bonds is 10. The molecule has 0 aliphatic heterocycles. The van der Waals surface area contributed by atoms with E-state index < -0.39 is 7.12 Å². The van der Waals surface area contributed by atoms with Gasteiger partial charge in [-0.05, 0) is 83.7 Å². The molecular weight excluding hydrogens is 565 g/mol. The Bertz CT molecular complexity index is 2000.